The number of amides is 1. The van der Waals surface area contributed by atoms with Crippen LogP contribution in [0, 0.1) is 5.92 Å². The van der Waals surface area contributed by atoms with Crippen LogP contribution in [0.1, 0.15) is 50.0 Å². The van der Waals surface area contributed by atoms with E-state index in [1.807, 2.05) is 30.4 Å². The number of carbonyl (C=O) groups is 1. The summed E-state index contributed by atoms with van der Waals surface area (Å²) in [4.78, 5) is 23.7. The van der Waals surface area contributed by atoms with E-state index >= 15 is 0 Å². The monoisotopic (exact) mass is 577 g/mol. The van der Waals surface area contributed by atoms with E-state index in [-0.39, 0.29) is 46.7 Å². The molecule has 1 aliphatic heterocycles. The van der Waals surface area contributed by atoms with Gasteiger partial charge in [-0.15, -0.1) is 0 Å². The molecule has 214 valence electrons. The van der Waals surface area contributed by atoms with Crippen LogP contribution in [-0.2, 0) is 16.2 Å². The Bertz CT molecular complexity index is 1540. The molecule has 1 amide bonds. The van der Waals surface area contributed by atoms with Gasteiger partial charge in [-0.3, -0.25) is 4.79 Å². The van der Waals surface area contributed by atoms with Crippen molar-refractivity contribution in [3.8, 4) is 17.0 Å². The summed E-state index contributed by atoms with van der Waals surface area (Å²) in [6, 6.07) is 10.0. The number of sulfonamides is 1. The lowest BCUT2D eigenvalue weighted by Gasteiger charge is -2.36. The third-order valence-electron chi connectivity index (χ3n) is 7.15. The highest BCUT2D eigenvalue weighted by Crippen LogP contribution is 2.40. The molecule has 1 saturated heterocycles. The van der Waals surface area contributed by atoms with Gasteiger partial charge >= 0.3 is 6.18 Å². The topological polar surface area (TPSA) is 128 Å². The molecule has 0 spiro atoms. The number of nitrogens with zero attached hydrogens (tertiary/aromatic N) is 3. The first-order valence-corrected chi connectivity index (χ1v) is 14.1. The van der Waals surface area contributed by atoms with Gasteiger partial charge in [0, 0.05) is 17.6 Å². The lowest BCUT2D eigenvalue weighted by atomic mass is 9.90. The highest BCUT2D eigenvalue weighted by atomic mass is 32.2. The summed E-state index contributed by atoms with van der Waals surface area (Å²) < 4.78 is 74.1. The smallest absolute Gasteiger partial charge is 0.416 e. The van der Waals surface area contributed by atoms with Crippen LogP contribution in [-0.4, -0.2) is 43.0 Å². The van der Waals surface area contributed by atoms with E-state index < -0.39 is 38.2 Å². The largest absolute Gasteiger partial charge is 0.494 e. The molecule has 4 rings (SSSR count). The zero-order chi connectivity index (χ0) is 29.5. The van der Waals surface area contributed by atoms with Crippen LogP contribution in [0.4, 0.5) is 24.8 Å². The quantitative estimate of drug-likeness (QED) is 0.407. The molecule has 1 atom stereocenters. The number of aromatic nitrogens is 2. The fraction of sp³-hybridized carbons (Fsp3) is 0.370. The Morgan fingerprint density at radius 1 is 1.18 bits per heavy atom. The van der Waals surface area contributed by atoms with Gasteiger partial charge in [0.1, 0.15) is 17.4 Å². The van der Waals surface area contributed by atoms with Gasteiger partial charge in [0.05, 0.1) is 23.4 Å². The Kier molecular flexibility index (Phi) is 7.72. The lowest BCUT2D eigenvalue weighted by Crippen LogP contribution is -2.43. The molecular weight excluding hydrogens is 547 g/mol. The Balaban J connectivity index is 1.83. The second-order valence-electron chi connectivity index (χ2n) is 10.1. The third-order valence-corrected chi connectivity index (χ3v) is 8.38. The second kappa shape index (κ2) is 10.6. The summed E-state index contributed by atoms with van der Waals surface area (Å²) in [5, 5.41) is -0.436. The number of hydrogen-bond acceptors (Lipinski definition) is 8. The molecule has 3 N–H and O–H groups in total. The van der Waals surface area contributed by atoms with Gasteiger partial charge in [0.2, 0.25) is 0 Å². The van der Waals surface area contributed by atoms with Crippen LogP contribution < -0.4 is 20.1 Å². The molecule has 2 aromatic heterocycles. The molecule has 13 heteroatoms. The van der Waals surface area contributed by atoms with Gasteiger partial charge < -0.3 is 15.4 Å². The molecule has 1 aromatic carbocycles. The lowest BCUT2D eigenvalue weighted by molar-refractivity contribution is -0.137. The zero-order valence-electron chi connectivity index (χ0n) is 22.4. The number of nitrogens with one attached hydrogen (secondary N) is 1. The summed E-state index contributed by atoms with van der Waals surface area (Å²) in [5.74, 6) is -0.647. The van der Waals surface area contributed by atoms with Gasteiger partial charge in [-0.05, 0) is 75.6 Å². The predicted octanol–water partition coefficient (Wildman–Crippen LogP) is 4.89. The SMILES string of the molecule is CCOc1cc(-c2ccc(C(=O)NS(=O)(=O)c3cccc(N)n3)c(N3CCC(C)C3(C)C)n2)cc(C(F)(F)F)c1. The van der Waals surface area contributed by atoms with Crippen molar-refractivity contribution in [2.75, 3.05) is 23.8 Å². The van der Waals surface area contributed by atoms with Crippen LogP contribution >= 0.6 is 0 Å². The number of benzene rings is 1. The molecule has 3 heterocycles. The Morgan fingerprint density at radius 2 is 1.90 bits per heavy atom. The number of anilines is 2. The Labute approximate surface area is 230 Å². The number of rotatable bonds is 7. The number of halogens is 3. The van der Waals surface area contributed by atoms with Gasteiger partial charge in [-0.25, -0.2) is 14.7 Å². The molecule has 0 aliphatic carbocycles. The number of pyridine rings is 2. The minimum absolute atomic E-state index is 0.0216. The van der Waals surface area contributed by atoms with Crippen LogP contribution in [0.5, 0.6) is 5.75 Å². The van der Waals surface area contributed by atoms with E-state index in [0.717, 1.165) is 18.6 Å². The van der Waals surface area contributed by atoms with Crippen LogP contribution in [0.15, 0.2) is 53.6 Å². The van der Waals surface area contributed by atoms with Crippen molar-refractivity contribution < 1.29 is 31.1 Å². The molecule has 9 nitrogen and oxygen atoms in total. The fourth-order valence-corrected chi connectivity index (χ4v) is 5.51. The predicted molar refractivity (Wildman–Crippen MR) is 144 cm³/mol. The maximum absolute atomic E-state index is 13.7. The van der Waals surface area contributed by atoms with E-state index in [1.165, 1.54) is 36.4 Å². The Hall–Kier alpha value is -3.87. The van der Waals surface area contributed by atoms with E-state index in [2.05, 4.69) is 9.97 Å². The van der Waals surface area contributed by atoms with Crippen molar-refractivity contribution in [1.29, 1.82) is 0 Å². The number of hydrogen-bond donors (Lipinski definition) is 2. The molecule has 40 heavy (non-hydrogen) atoms. The van der Waals surface area contributed by atoms with Crippen molar-refractivity contribution in [3.05, 3.63) is 59.7 Å². The molecule has 0 saturated carbocycles. The van der Waals surface area contributed by atoms with E-state index in [9.17, 15) is 26.4 Å². The summed E-state index contributed by atoms with van der Waals surface area (Å²) in [6.45, 7) is 8.29. The van der Waals surface area contributed by atoms with Crippen molar-refractivity contribution in [2.24, 2.45) is 5.92 Å². The molecule has 0 bridgehead atoms. The van der Waals surface area contributed by atoms with Crippen molar-refractivity contribution >= 4 is 27.6 Å². The first-order chi connectivity index (χ1) is 18.6. The molecule has 1 aliphatic rings. The summed E-state index contributed by atoms with van der Waals surface area (Å²) >= 11 is 0. The molecule has 1 fully saturated rings. The third kappa shape index (κ3) is 5.83. The standard InChI is InChI=1S/C27H30F3N5O4S/c1-5-39-19-14-17(13-18(15-19)27(28,29)30)21-10-9-20(24(32-21)35-12-11-16(2)26(35,3)4)25(36)34-40(37,38)23-8-6-7-22(31)33-23/h6-10,13-16H,5,11-12H2,1-4H3,(H2,31,33)(H,34,36). The van der Waals surface area contributed by atoms with Gasteiger partial charge in [0.25, 0.3) is 15.9 Å². The van der Waals surface area contributed by atoms with Gasteiger partial charge in [0.15, 0.2) is 5.03 Å². The average molecular weight is 578 g/mol. The van der Waals surface area contributed by atoms with Crippen molar-refractivity contribution in [1.82, 2.24) is 14.7 Å². The number of alkyl halides is 3. The van der Waals surface area contributed by atoms with E-state index in [0.29, 0.717) is 6.54 Å². The maximum atomic E-state index is 13.7. The molecular formula is C27H30F3N5O4S. The number of nitrogen functional groups attached to an aromatic ring is 1. The highest BCUT2D eigenvalue weighted by molar-refractivity contribution is 7.90. The van der Waals surface area contributed by atoms with Crippen LogP contribution in [0.3, 0.4) is 0 Å². The first-order valence-electron chi connectivity index (χ1n) is 12.6. The van der Waals surface area contributed by atoms with Crippen LogP contribution in [0.2, 0.25) is 0 Å². The minimum Gasteiger partial charge on any atom is -0.494 e. The van der Waals surface area contributed by atoms with E-state index in [4.69, 9.17) is 10.5 Å². The average Bonchev–Trinajstić information content (AvgIpc) is 3.14. The number of ether oxygens (including phenoxy) is 1. The van der Waals surface area contributed by atoms with E-state index in [1.54, 1.807) is 6.92 Å². The maximum Gasteiger partial charge on any atom is 0.416 e. The number of nitrogens with two attached hydrogens (primary N) is 1. The summed E-state index contributed by atoms with van der Waals surface area (Å²) in [7, 11) is -4.38. The molecule has 0 radical (unpaired) electrons. The highest BCUT2D eigenvalue weighted by Gasteiger charge is 2.41. The van der Waals surface area contributed by atoms with Gasteiger partial charge in [-0.2, -0.15) is 21.6 Å². The molecule has 1 unspecified atom stereocenters. The normalized spacial score (nSPS) is 17.1. The minimum atomic E-state index is -4.62. The zero-order valence-corrected chi connectivity index (χ0v) is 23.2. The number of carbonyl (C=O) groups excluding carboxylic acids is 1. The fourth-order valence-electron chi connectivity index (χ4n) is 4.57. The van der Waals surface area contributed by atoms with Gasteiger partial charge in [-0.1, -0.05) is 13.0 Å². The second-order valence-corrected chi connectivity index (χ2v) is 11.7. The van der Waals surface area contributed by atoms with Crippen molar-refractivity contribution in [3.63, 3.8) is 0 Å². The summed E-state index contributed by atoms with van der Waals surface area (Å²) in [6.07, 6.45) is -3.86. The van der Waals surface area contributed by atoms with Crippen molar-refractivity contribution in [2.45, 2.75) is 50.9 Å². The Morgan fingerprint density at radius 3 is 2.50 bits per heavy atom. The summed E-state index contributed by atoms with van der Waals surface area (Å²) in [5.41, 5.74) is 4.44. The first kappa shape index (κ1) is 29.1. The van der Waals surface area contributed by atoms with Crippen LogP contribution in [0.25, 0.3) is 11.3 Å². The molecule has 3 aromatic rings.